The number of anilines is 1. The molecule has 6 nitrogen and oxygen atoms in total. The lowest BCUT2D eigenvalue weighted by molar-refractivity contribution is 0.0696. The molecule has 3 N–H and O–H groups in total. The quantitative estimate of drug-likeness (QED) is 0.806. The molecule has 1 aromatic carbocycles. The average molecular weight is 293 g/mol. The van der Waals surface area contributed by atoms with Gasteiger partial charge in [0.15, 0.2) is 0 Å². The number of aromatic nitrogens is 1. The van der Waals surface area contributed by atoms with Gasteiger partial charge in [-0.3, -0.25) is 4.79 Å². The van der Waals surface area contributed by atoms with Crippen LogP contribution in [0.5, 0.6) is 5.75 Å². The highest BCUT2D eigenvalue weighted by Crippen LogP contribution is 2.22. The number of phenols is 1. The number of benzene rings is 1. The molecule has 2 aromatic rings. The second-order valence-electron chi connectivity index (χ2n) is 3.86. The topological polar surface area (TPSA) is 99.5 Å². The molecule has 0 aliphatic carbocycles. The van der Waals surface area contributed by atoms with E-state index < -0.39 is 11.9 Å². The van der Waals surface area contributed by atoms with E-state index in [0.29, 0.717) is 0 Å². The number of nitrogens with zero attached hydrogens (tertiary/aromatic N) is 1. The summed E-state index contributed by atoms with van der Waals surface area (Å²) in [5.41, 5.74) is 0.106. The lowest BCUT2D eigenvalue weighted by atomic mass is 10.2. The van der Waals surface area contributed by atoms with Crippen LogP contribution in [0.3, 0.4) is 0 Å². The summed E-state index contributed by atoms with van der Waals surface area (Å²) in [4.78, 5) is 26.4. The van der Waals surface area contributed by atoms with E-state index in [4.69, 9.17) is 16.7 Å². The zero-order chi connectivity index (χ0) is 14.7. The van der Waals surface area contributed by atoms with Crippen molar-refractivity contribution in [3.05, 3.63) is 52.7 Å². The summed E-state index contributed by atoms with van der Waals surface area (Å²) in [5.74, 6) is -1.57. The largest absolute Gasteiger partial charge is 0.508 e. The van der Waals surface area contributed by atoms with Gasteiger partial charge in [-0.05, 0) is 30.3 Å². The minimum Gasteiger partial charge on any atom is -0.508 e. The molecule has 0 bridgehead atoms. The van der Waals surface area contributed by atoms with Crippen molar-refractivity contribution in [3.8, 4) is 5.75 Å². The number of rotatable bonds is 3. The maximum Gasteiger partial charge on any atom is 0.337 e. The number of pyridine rings is 1. The molecule has 0 spiro atoms. The van der Waals surface area contributed by atoms with Crippen molar-refractivity contribution < 1.29 is 19.8 Å². The molecule has 1 heterocycles. The van der Waals surface area contributed by atoms with Crippen LogP contribution >= 0.6 is 11.6 Å². The SMILES string of the molecule is O=C(O)c1ccc(NC(=O)c2cc(O)ccc2Cl)nc1. The zero-order valence-corrected chi connectivity index (χ0v) is 10.8. The van der Waals surface area contributed by atoms with Gasteiger partial charge in [0.05, 0.1) is 16.1 Å². The number of carboxylic acid groups (broad SMARTS) is 1. The van der Waals surface area contributed by atoms with Crippen LogP contribution in [-0.4, -0.2) is 27.1 Å². The van der Waals surface area contributed by atoms with E-state index in [9.17, 15) is 14.7 Å². The molecule has 102 valence electrons. The normalized spacial score (nSPS) is 10.1. The van der Waals surface area contributed by atoms with Gasteiger partial charge >= 0.3 is 5.97 Å². The van der Waals surface area contributed by atoms with E-state index in [1.165, 1.54) is 30.3 Å². The molecule has 0 unspecified atom stereocenters. The molecular formula is C13H9ClN2O4. The number of aromatic carboxylic acids is 1. The molecule has 1 aromatic heterocycles. The van der Waals surface area contributed by atoms with Crippen molar-refractivity contribution in [1.82, 2.24) is 4.98 Å². The molecule has 0 fully saturated rings. The van der Waals surface area contributed by atoms with Crippen LogP contribution in [0.4, 0.5) is 5.82 Å². The van der Waals surface area contributed by atoms with Crippen molar-refractivity contribution in [3.63, 3.8) is 0 Å². The second-order valence-corrected chi connectivity index (χ2v) is 4.26. The van der Waals surface area contributed by atoms with Crippen molar-refractivity contribution in [1.29, 1.82) is 0 Å². The summed E-state index contributed by atoms with van der Waals surface area (Å²) < 4.78 is 0. The Labute approximate surface area is 118 Å². The van der Waals surface area contributed by atoms with E-state index in [1.54, 1.807) is 0 Å². The molecule has 7 heteroatoms. The Morgan fingerprint density at radius 2 is 1.95 bits per heavy atom. The van der Waals surface area contributed by atoms with Crippen LogP contribution in [0.2, 0.25) is 5.02 Å². The van der Waals surface area contributed by atoms with Crippen molar-refractivity contribution >= 4 is 29.3 Å². The Balaban J connectivity index is 2.19. The third-order valence-corrected chi connectivity index (χ3v) is 2.78. The fourth-order valence-corrected chi connectivity index (χ4v) is 1.67. The van der Waals surface area contributed by atoms with Gasteiger partial charge in [-0.15, -0.1) is 0 Å². The molecule has 20 heavy (non-hydrogen) atoms. The number of hydrogen-bond donors (Lipinski definition) is 3. The Kier molecular flexibility index (Phi) is 3.86. The van der Waals surface area contributed by atoms with Crippen molar-refractivity contribution in [2.75, 3.05) is 5.32 Å². The number of amides is 1. The van der Waals surface area contributed by atoms with Crippen LogP contribution in [0, 0.1) is 0 Å². The first-order valence-corrected chi connectivity index (χ1v) is 5.84. The van der Waals surface area contributed by atoms with Gasteiger partial charge in [-0.2, -0.15) is 0 Å². The number of aromatic hydroxyl groups is 1. The molecular weight excluding hydrogens is 284 g/mol. The molecule has 2 rings (SSSR count). The Bertz CT molecular complexity index is 671. The summed E-state index contributed by atoms with van der Waals surface area (Å²) >= 11 is 5.85. The van der Waals surface area contributed by atoms with E-state index in [-0.39, 0.29) is 27.7 Å². The summed E-state index contributed by atoms with van der Waals surface area (Å²) in [6, 6.07) is 6.65. The average Bonchev–Trinajstić information content (AvgIpc) is 2.42. The minimum absolute atomic E-state index is 0.0124. The first-order valence-electron chi connectivity index (χ1n) is 5.46. The molecule has 0 saturated heterocycles. The highest BCUT2D eigenvalue weighted by Gasteiger charge is 2.12. The lowest BCUT2D eigenvalue weighted by Gasteiger charge is -2.06. The monoisotopic (exact) mass is 292 g/mol. The molecule has 0 radical (unpaired) electrons. The fraction of sp³-hybridized carbons (Fsp3) is 0. The maximum atomic E-state index is 11.9. The third kappa shape index (κ3) is 3.04. The van der Waals surface area contributed by atoms with Crippen LogP contribution in [0.25, 0.3) is 0 Å². The Morgan fingerprint density at radius 1 is 1.20 bits per heavy atom. The molecule has 0 aliphatic rings. The van der Waals surface area contributed by atoms with Crippen LogP contribution in [0.15, 0.2) is 36.5 Å². The van der Waals surface area contributed by atoms with E-state index in [1.807, 2.05) is 0 Å². The van der Waals surface area contributed by atoms with Gasteiger partial charge in [0.25, 0.3) is 5.91 Å². The van der Waals surface area contributed by atoms with E-state index in [2.05, 4.69) is 10.3 Å². The van der Waals surface area contributed by atoms with Gasteiger partial charge in [-0.25, -0.2) is 9.78 Å². The lowest BCUT2D eigenvalue weighted by Crippen LogP contribution is -2.13. The summed E-state index contributed by atoms with van der Waals surface area (Å²) in [6.07, 6.45) is 1.13. The smallest absolute Gasteiger partial charge is 0.337 e. The Morgan fingerprint density at radius 3 is 2.55 bits per heavy atom. The summed E-state index contributed by atoms with van der Waals surface area (Å²) in [7, 11) is 0. The number of carboxylic acids is 1. The second kappa shape index (κ2) is 5.58. The highest BCUT2D eigenvalue weighted by atomic mass is 35.5. The standard InChI is InChI=1S/C13H9ClN2O4/c14-10-3-2-8(17)5-9(10)12(18)16-11-4-1-7(6-15-11)13(19)20/h1-6,17H,(H,19,20)(H,15,16,18). The molecule has 0 atom stereocenters. The molecule has 1 amide bonds. The maximum absolute atomic E-state index is 11.9. The van der Waals surface area contributed by atoms with Crippen LogP contribution in [-0.2, 0) is 0 Å². The zero-order valence-electron chi connectivity index (χ0n) is 10.0. The summed E-state index contributed by atoms with van der Waals surface area (Å²) in [5, 5.41) is 20.7. The predicted molar refractivity (Wildman–Crippen MR) is 72.3 cm³/mol. The van der Waals surface area contributed by atoms with Crippen LogP contribution < -0.4 is 5.32 Å². The number of nitrogens with one attached hydrogen (secondary N) is 1. The fourth-order valence-electron chi connectivity index (χ4n) is 1.47. The third-order valence-electron chi connectivity index (χ3n) is 2.45. The first kappa shape index (κ1) is 13.8. The van der Waals surface area contributed by atoms with Gasteiger partial charge in [0.1, 0.15) is 11.6 Å². The van der Waals surface area contributed by atoms with Gasteiger partial charge < -0.3 is 15.5 Å². The first-order chi connectivity index (χ1) is 9.47. The van der Waals surface area contributed by atoms with E-state index >= 15 is 0 Å². The van der Waals surface area contributed by atoms with Crippen molar-refractivity contribution in [2.24, 2.45) is 0 Å². The van der Waals surface area contributed by atoms with Crippen LogP contribution in [0.1, 0.15) is 20.7 Å². The number of halogens is 1. The molecule has 0 aliphatic heterocycles. The number of carbonyl (C=O) groups is 2. The Hall–Kier alpha value is -2.60. The molecule has 0 saturated carbocycles. The predicted octanol–water partition coefficient (Wildman–Crippen LogP) is 2.39. The van der Waals surface area contributed by atoms with E-state index in [0.717, 1.165) is 6.20 Å². The van der Waals surface area contributed by atoms with Gasteiger partial charge in [0, 0.05) is 6.20 Å². The van der Waals surface area contributed by atoms with Gasteiger partial charge in [0.2, 0.25) is 0 Å². The highest BCUT2D eigenvalue weighted by molar-refractivity contribution is 6.34. The number of carbonyl (C=O) groups excluding carboxylic acids is 1. The van der Waals surface area contributed by atoms with Gasteiger partial charge in [-0.1, -0.05) is 11.6 Å². The number of phenolic OH excluding ortho intramolecular Hbond substituents is 1. The summed E-state index contributed by atoms with van der Waals surface area (Å²) in [6.45, 7) is 0. The van der Waals surface area contributed by atoms with Crippen molar-refractivity contribution in [2.45, 2.75) is 0 Å². The number of hydrogen-bond acceptors (Lipinski definition) is 4. The minimum atomic E-state index is -1.11.